The Labute approximate surface area is 247 Å². The molecule has 0 radical (unpaired) electrons. The SMILES string of the molecule is CC(=O)N1CCC(c2cc(Nc3nc(N4CCC[C@H](NC(=O)OC(C)(C)C)C4)ncc3C(N)=O)cc(C(C)C)n2)CC1. The zero-order chi connectivity index (χ0) is 30.6. The third-order valence-electron chi connectivity index (χ3n) is 7.54. The van der Waals surface area contributed by atoms with Gasteiger partial charge in [0.25, 0.3) is 5.91 Å². The highest BCUT2D eigenvalue weighted by molar-refractivity contribution is 5.98. The van der Waals surface area contributed by atoms with E-state index in [0.717, 1.165) is 42.8 Å². The molecular weight excluding hydrogens is 536 g/mol. The first-order valence-electron chi connectivity index (χ1n) is 14.7. The number of pyridine rings is 1. The Morgan fingerprint density at radius 2 is 1.79 bits per heavy atom. The van der Waals surface area contributed by atoms with Crippen LogP contribution in [0.2, 0.25) is 0 Å². The fourth-order valence-electron chi connectivity index (χ4n) is 5.33. The second-order valence-electron chi connectivity index (χ2n) is 12.5. The number of alkyl carbamates (subject to hydrolysis) is 1. The van der Waals surface area contributed by atoms with Crippen molar-refractivity contribution < 1.29 is 19.1 Å². The Bertz CT molecular complexity index is 1300. The lowest BCUT2D eigenvalue weighted by Gasteiger charge is -2.33. The molecule has 12 nitrogen and oxygen atoms in total. The van der Waals surface area contributed by atoms with Gasteiger partial charge in [0.1, 0.15) is 17.0 Å². The molecule has 0 aliphatic carbocycles. The van der Waals surface area contributed by atoms with Gasteiger partial charge in [-0.2, -0.15) is 4.98 Å². The van der Waals surface area contributed by atoms with Crippen LogP contribution in [0.15, 0.2) is 18.3 Å². The number of piperidine rings is 2. The van der Waals surface area contributed by atoms with E-state index in [1.54, 1.807) is 6.92 Å². The summed E-state index contributed by atoms with van der Waals surface area (Å²) in [5, 5.41) is 6.28. The molecular formula is C30H44N8O4. The van der Waals surface area contributed by atoms with E-state index in [0.29, 0.717) is 37.9 Å². The van der Waals surface area contributed by atoms with Crippen LogP contribution < -0.4 is 21.3 Å². The second kappa shape index (κ2) is 12.9. The molecule has 0 spiro atoms. The number of amides is 3. The van der Waals surface area contributed by atoms with E-state index < -0.39 is 17.6 Å². The monoisotopic (exact) mass is 580 g/mol. The fraction of sp³-hybridized carbons (Fsp3) is 0.600. The largest absolute Gasteiger partial charge is 0.444 e. The highest BCUT2D eigenvalue weighted by Gasteiger charge is 2.27. The third kappa shape index (κ3) is 8.07. The number of nitrogens with zero attached hydrogens (tertiary/aromatic N) is 5. The van der Waals surface area contributed by atoms with Crippen molar-refractivity contribution in [3.63, 3.8) is 0 Å². The number of nitrogens with two attached hydrogens (primary N) is 1. The smallest absolute Gasteiger partial charge is 0.407 e. The zero-order valence-corrected chi connectivity index (χ0v) is 25.6. The first-order valence-corrected chi connectivity index (χ1v) is 14.7. The standard InChI is InChI=1S/C30H44N8O4/c1-18(2)24-14-22(15-25(35-24)20-9-12-37(13-10-20)19(3)39)33-27-23(26(31)40)16-32-28(36-27)38-11-7-8-21(17-38)34-29(41)42-30(4,5)6/h14-16,18,20-21H,7-13,17H2,1-6H3,(H2,31,40)(H,34,41)(H,32,33,35,36)/t21-/m0/s1. The van der Waals surface area contributed by atoms with E-state index in [4.69, 9.17) is 20.4 Å². The van der Waals surface area contributed by atoms with Gasteiger partial charge in [-0.25, -0.2) is 9.78 Å². The van der Waals surface area contributed by atoms with Gasteiger partial charge in [-0.15, -0.1) is 0 Å². The summed E-state index contributed by atoms with van der Waals surface area (Å²) < 4.78 is 5.42. The first-order chi connectivity index (χ1) is 19.8. The topological polar surface area (TPSA) is 156 Å². The van der Waals surface area contributed by atoms with Crippen molar-refractivity contribution in [1.82, 2.24) is 25.2 Å². The van der Waals surface area contributed by atoms with Crippen LogP contribution in [0.5, 0.6) is 0 Å². The Balaban J connectivity index is 1.56. The summed E-state index contributed by atoms with van der Waals surface area (Å²) in [6.45, 7) is 13.9. The van der Waals surface area contributed by atoms with E-state index in [2.05, 4.69) is 29.5 Å². The Kier molecular flexibility index (Phi) is 9.53. The maximum atomic E-state index is 12.3. The molecule has 4 rings (SSSR count). The van der Waals surface area contributed by atoms with Gasteiger partial charge < -0.3 is 30.9 Å². The number of carbonyl (C=O) groups excluding carboxylic acids is 3. The van der Waals surface area contributed by atoms with Gasteiger partial charge in [0.05, 0.1) is 0 Å². The van der Waals surface area contributed by atoms with Crippen molar-refractivity contribution in [3.05, 3.63) is 35.3 Å². The molecule has 0 aromatic carbocycles. The lowest BCUT2D eigenvalue weighted by molar-refractivity contribution is -0.129. The van der Waals surface area contributed by atoms with E-state index >= 15 is 0 Å². The predicted molar refractivity (Wildman–Crippen MR) is 161 cm³/mol. The van der Waals surface area contributed by atoms with Crippen molar-refractivity contribution in [2.75, 3.05) is 36.4 Å². The summed E-state index contributed by atoms with van der Waals surface area (Å²) in [6.07, 6.45) is 4.31. The minimum Gasteiger partial charge on any atom is -0.444 e. The second-order valence-corrected chi connectivity index (χ2v) is 12.5. The van der Waals surface area contributed by atoms with Crippen LogP contribution in [-0.4, -0.2) is 75.6 Å². The fourth-order valence-corrected chi connectivity index (χ4v) is 5.33. The molecule has 2 aliphatic rings. The summed E-state index contributed by atoms with van der Waals surface area (Å²) in [4.78, 5) is 54.5. The normalized spacial score (nSPS) is 18.1. The van der Waals surface area contributed by atoms with E-state index in [-0.39, 0.29) is 29.3 Å². The summed E-state index contributed by atoms with van der Waals surface area (Å²) >= 11 is 0. The molecule has 2 fully saturated rings. The quantitative estimate of drug-likeness (QED) is 0.440. The maximum absolute atomic E-state index is 12.3. The van der Waals surface area contributed by atoms with Gasteiger partial charge in [0, 0.05) is 68.3 Å². The van der Waals surface area contributed by atoms with Crippen LogP contribution >= 0.6 is 0 Å². The number of ether oxygens (including phenoxy) is 1. The lowest BCUT2D eigenvalue weighted by Crippen LogP contribution is -2.49. The van der Waals surface area contributed by atoms with Crippen molar-refractivity contribution in [1.29, 1.82) is 0 Å². The molecule has 228 valence electrons. The Morgan fingerprint density at radius 1 is 1.07 bits per heavy atom. The lowest BCUT2D eigenvalue weighted by atomic mass is 9.92. The number of nitrogens with one attached hydrogen (secondary N) is 2. The van der Waals surface area contributed by atoms with Gasteiger partial charge in [0.15, 0.2) is 0 Å². The number of hydrogen-bond acceptors (Lipinski definition) is 9. The molecule has 2 aromatic heterocycles. The van der Waals surface area contributed by atoms with Crippen LogP contribution in [0, 0.1) is 0 Å². The highest BCUT2D eigenvalue weighted by atomic mass is 16.6. The number of aromatic nitrogens is 3. The minimum atomic E-state index is -0.637. The van der Waals surface area contributed by atoms with Crippen LogP contribution in [0.25, 0.3) is 0 Å². The van der Waals surface area contributed by atoms with E-state index in [1.165, 1.54) is 6.20 Å². The molecule has 4 heterocycles. The van der Waals surface area contributed by atoms with Crippen LogP contribution in [0.4, 0.5) is 22.2 Å². The molecule has 2 aliphatic heterocycles. The molecule has 12 heteroatoms. The Hall–Kier alpha value is -3.96. The average Bonchev–Trinajstić information content (AvgIpc) is 2.91. The maximum Gasteiger partial charge on any atom is 0.407 e. The van der Waals surface area contributed by atoms with Crippen LogP contribution in [0.1, 0.15) is 101 Å². The number of carbonyl (C=O) groups is 3. The molecule has 42 heavy (non-hydrogen) atoms. The molecule has 0 unspecified atom stereocenters. The summed E-state index contributed by atoms with van der Waals surface area (Å²) in [5.74, 6) is 0.614. The summed E-state index contributed by atoms with van der Waals surface area (Å²) in [7, 11) is 0. The molecule has 2 saturated heterocycles. The minimum absolute atomic E-state index is 0.0962. The van der Waals surface area contributed by atoms with Gasteiger partial charge in [-0.3, -0.25) is 14.6 Å². The number of likely N-dealkylation sites (tertiary alicyclic amines) is 1. The molecule has 4 N–H and O–H groups in total. The molecule has 0 saturated carbocycles. The molecule has 2 aromatic rings. The van der Waals surface area contributed by atoms with Crippen molar-refractivity contribution in [2.24, 2.45) is 5.73 Å². The summed E-state index contributed by atoms with van der Waals surface area (Å²) in [5.41, 5.74) is 7.94. The van der Waals surface area contributed by atoms with Crippen molar-refractivity contribution in [3.8, 4) is 0 Å². The van der Waals surface area contributed by atoms with Gasteiger partial charge >= 0.3 is 6.09 Å². The molecule has 3 amide bonds. The highest BCUT2D eigenvalue weighted by Crippen LogP contribution is 2.32. The first kappa shape index (κ1) is 31.0. The van der Waals surface area contributed by atoms with Gasteiger partial charge in [-0.05, 0) is 64.5 Å². The number of hydrogen-bond donors (Lipinski definition) is 3. The van der Waals surface area contributed by atoms with Crippen LogP contribution in [-0.2, 0) is 9.53 Å². The summed E-state index contributed by atoms with van der Waals surface area (Å²) in [6, 6.07) is 3.83. The van der Waals surface area contributed by atoms with Crippen molar-refractivity contribution >= 4 is 35.4 Å². The zero-order valence-electron chi connectivity index (χ0n) is 25.6. The van der Waals surface area contributed by atoms with Gasteiger partial charge in [-0.1, -0.05) is 13.8 Å². The molecule has 0 bridgehead atoms. The third-order valence-corrected chi connectivity index (χ3v) is 7.54. The molecule has 1 atom stereocenters. The van der Waals surface area contributed by atoms with Crippen LogP contribution in [0.3, 0.4) is 0 Å². The van der Waals surface area contributed by atoms with Gasteiger partial charge in [0.2, 0.25) is 11.9 Å². The van der Waals surface area contributed by atoms with Crippen molar-refractivity contribution in [2.45, 2.75) is 90.7 Å². The number of anilines is 3. The average molecular weight is 581 g/mol. The van der Waals surface area contributed by atoms with E-state index in [9.17, 15) is 14.4 Å². The number of rotatable bonds is 7. The number of primary amides is 1. The van der Waals surface area contributed by atoms with E-state index in [1.807, 2.05) is 42.7 Å². The predicted octanol–water partition coefficient (Wildman–Crippen LogP) is 4.06. The Morgan fingerprint density at radius 3 is 2.40 bits per heavy atom.